The average molecular weight is 757 g/mol. The van der Waals surface area contributed by atoms with Crippen molar-refractivity contribution in [3.63, 3.8) is 0 Å². The summed E-state index contributed by atoms with van der Waals surface area (Å²) >= 11 is 0. The smallest absolute Gasteiger partial charge is 0.345 e. The zero-order valence-electron chi connectivity index (χ0n) is 29.3. The Morgan fingerprint density at radius 3 is 2.02 bits per heavy atom. The van der Waals surface area contributed by atoms with E-state index in [0.29, 0.717) is 38.5 Å². The molecule has 6 rings (SSSR count). The minimum Gasteiger partial charge on any atom is -0.508 e. The largest absolute Gasteiger partial charge is 0.508 e. The number of hydrogen-bond donors (Lipinski definition) is 5. The molecule has 0 unspecified atom stereocenters. The Morgan fingerprint density at radius 1 is 0.796 bits per heavy atom. The van der Waals surface area contributed by atoms with E-state index < -0.39 is 109 Å². The Bertz CT molecular complexity index is 1680. The maximum atomic E-state index is 13.5. The van der Waals surface area contributed by atoms with Gasteiger partial charge in [-0.05, 0) is 63.1 Å². The molecule has 54 heavy (non-hydrogen) atoms. The molecule has 1 saturated heterocycles. The number of aliphatic hydroxyl groups excluding tert-OH is 3. The number of phenols is 1. The van der Waals surface area contributed by atoms with Crippen LogP contribution in [-0.2, 0) is 54.3 Å². The highest BCUT2D eigenvalue weighted by molar-refractivity contribution is 5.96. The summed E-state index contributed by atoms with van der Waals surface area (Å²) in [5, 5.41) is 54.7. The first-order valence-electron chi connectivity index (χ1n) is 18.0. The second kappa shape index (κ2) is 16.8. The van der Waals surface area contributed by atoms with E-state index in [2.05, 4.69) is 0 Å². The van der Waals surface area contributed by atoms with Crippen LogP contribution in [0.4, 0.5) is 0 Å². The maximum Gasteiger partial charge on any atom is 0.345 e. The summed E-state index contributed by atoms with van der Waals surface area (Å²) < 4.78 is 33.7. The number of ether oxygens (including phenoxy) is 6. The van der Waals surface area contributed by atoms with E-state index in [-0.39, 0.29) is 29.9 Å². The number of rotatable bonds is 12. The highest BCUT2D eigenvalue weighted by atomic mass is 16.7. The van der Waals surface area contributed by atoms with Crippen LogP contribution in [0.1, 0.15) is 56.9 Å². The van der Waals surface area contributed by atoms with Crippen LogP contribution in [-0.4, -0.2) is 110 Å². The van der Waals surface area contributed by atoms with Gasteiger partial charge >= 0.3 is 23.9 Å². The van der Waals surface area contributed by atoms with Crippen molar-refractivity contribution in [1.82, 2.24) is 0 Å². The molecule has 1 heterocycles. The number of aromatic hydroxyl groups is 1. The van der Waals surface area contributed by atoms with Crippen molar-refractivity contribution in [2.75, 3.05) is 6.61 Å². The van der Waals surface area contributed by atoms with Crippen LogP contribution >= 0.6 is 0 Å². The van der Waals surface area contributed by atoms with Crippen molar-refractivity contribution in [1.29, 1.82) is 0 Å². The number of hydrogen-bond acceptors (Lipinski definition) is 16. The van der Waals surface area contributed by atoms with Crippen LogP contribution < -0.4 is 4.74 Å². The first-order valence-corrected chi connectivity index (χ1v) is 18.0. The van der Waals surface area contributed by atoms with Gasteiger partial charge < -0.3 is 54.0 Å². The third-order valence-electron chi connectivity index (χ3n) is 10.3. The Labute approximate surface area is 309 Å². The minimum absolute atomic E-state index is 0.0581. The number of phenolic OH excluding ortho intramolecular Hbond substituents is 1. The van der Waals surface area contributed by atoms with Crippen molar-refractivity contribution >= 4 is 29.7 Å². The van der Waals surface area contributed by atoms with E-state index in [9.17, 15) is 49.5 Å². The van der Waals surface area contributed by atoms with Gasteiger partial charge in [-0.15, -0.1) is 0 Å². The number of allylic oxidation sites excluding steroid dienone is 3. The average Bonchev–Trinajstić information content (AvgIpc) is 3.98. The molecule has 1 aromatic carbocycles. The predicted molar refractivity (Wildman–Crippen MR) is 181 cm³/mol. The molecule has 11 atom stereocenters. The molecule has 2 fully saturated rings. The number of esters is 4. The molecule has 0 spiro atoms. The summed E-state index contributed by atoms with van der Waals surface area (Å²) in [4.78, 5) is 64.8. The van der Waals surface area contributed by atoms with Gasteiger partial charge in [-0.1, -0.05) is 36.5 Å². The molecule has 0 aromatic heterocycles. The van der Waals surface area contributed by atoms with Crippen LogP contribution in [0, 0.1) is 17.8 Å². The van der Waals surface area contributed by atoms with Gasteiger partial charge in [0.05, 0.1) is 23.9 Å². The Balaban J connectivity index is 1.20. The number of aliphatic hydroxyl groups is 4. The Kier molecular flexibility index (Phi) is 12.2. The Morgan fingerprint density at radius 2 is 1.41 bits per heavy atom. The highest BCUT2D eigenvalue weighted by Gasteiger charge is 2.59. The molecule has 1 saturated carbocycles. The zero-order valence-corrected chi connectivity index (χ0v) is 29.3. The summed E-state index contributed by atoms with van der Waals surface area (Å²) in [5.41, 5.74) is -3.03. The van der Waals surface area contributed by atoms with Crippen LogP contribution in [0.5, 0.6) is 11.5 Å². The number of benzene rings is 1. The van der Waals surface area contributed by atoms with Crippen molar-refractivity contribution in [2.24, 2.45) is 17.8 Å². The van der Waals surface area contributed by atoms with Crippen molar-refractivity contribution < 1.29 is 77.9 Å². The number of carbonyl (C=O) groups excluding carboxylic acids is 5. The minimum atomic E-state index is -2.97. The fourth-order valence-corrected chi connectivity index (χ4v) is 7.07. The SMILES string of the molecule is O=C(O[C@H]1C(=O)CC[C@@H](O)[C@@]1(O)C(=O)OCc1cc(O)ccc1O[C@H]1O[C@@H](COC(=O)[C@H]2C=CCC2)[C@H](O)[C@@H](O)[C@@H]1OC(=O)[C@H]1C=CCC1)[C@@H]1C=CCC1. The first-order chi connectivity index (χ1) is 25.9. The Hall–Kier alpha value is -4.61. The molecular weight excluding hydrogens is 712 g/mol. The number of Topliss-reactive ketones (excluding diaryl/α,β-unsaturated/α-hetero) is 1. The molecule has 0 radical (unpaired) electrons. The van der Waals surface area contributed by atoms with E-state index >= 15 is 0 Å². The molecule has 292 valence electrons. The van der Waals surface area contributed by atoms with Gasteiger partial charge in [0.1, 0.15) is 43.0 Å². The summed E-state index contributed by atoms with van der Waals surface area (Å²) in [5.74, 6) is -6.69. The monoisotopic (exact) mass is 756 g/mol. The van der Waals surface area contributed by atoms with Crippen molar-refractivity contribution in [3.05, 3.63) is 60.2 Å². The van der Waals surface area contributed by atoms with Crippen LogP contribution in [0.25, 0.3) is 0 Å². The summed E-state index contributed by atoms with van der Waals surface area (Å²) in [7, 11) is 0. The molecule has 0 bridgehead atoms. The summed E-state index contributed by atoms with van der Waals surface area (Å²) in [6.07, 6.45) is 1.11. The van der Waals surface area contributed by atoms with Crippen LogP contribution in [0.3, 0.4) is 0 Å². The quantitative estimate of drug-likeness (QED) is 0.113. The molecular formula is C38H44O16. The third kappa shape index (κ3) is 8.37. The summed E-state index contributed by atoms with van der Waals surface area (Å²) in [6.45, 7) is -1.24. The van der Waals surface area contributed by atoms with Crippen LogP contribution in [0.15, 0.2) is 54.7 Å². The molecule has 16 heteroatoms. The van der Waals surface area contributed by atoms with Crippen molar-refractivity contribution in [2.45, 2.75) is 106 Å². The third-order valence-corrected chi connectivity index (χ3v) is 10.3. The molecule has 5 N–H and O–H groups in total. The molecule has 1 aliphatic heterocycles. The van der Waals surface area contributed by atoms with Gasteiger partial charge in [-0.2, -0.15) is 0 Å². The lowest BCUT2D eigenvalue weighted by Gasteiger charge is -2.42. The molecule has 5 aliphatic rings. The topological polar surface area (TPSA) is 242 Å². The molecule has 1 aromatic rings. The second-order valence-electron chi connectivity index (χ2n) is 14.0. The molecule has 4 aliphatic carbocycles. The lowest BCUT2D eigenvalue weighted by molar-refractivity contribution is -0.284. The normalized spacial score (nSPS) is 34.4. The van der Waals surface area contributed by atoms with Gasteiger partial charge in [0.2, 0.25) is 18.0 Å². The number of carbonyl (C=O) groups is 5. The summed E-state index contributed by atoms with van der Waals surface area (Å²) in [6, 6.07) is 3.58. The maximum absolute atomic E-state index is 13.5. The highest BCUT2D eigenvalue weighted by Crippen LogP contribution is 2.35. The fourth-order valence-electron chi connectivity index (χ4n) is 7.07. The van der Waals surface area contributed by atoms with E-state index in [1.165, 1.54) is 12.1 Å². The van der Waals surface area contributed by atoms with Gasteiger partial charge in [0, 0.05) is 12.0 Å². The fraction of sp³-hybridized carbons (Fsp3) is 0.553. The van der Waals surface area contributed by atoms with Gasteiger partial charge in [-0.3, -0.25) is 19.2 Å². The number of ketones is 1. The van der Waals surface area contributed by atoms with Crippen molar-refractivity contribution in [3.8, 4) is 11.5 Å². The van der Waals surface area contributed by atoms with Gasteiger partial charge in [0.25, 0.3) is 0 Å². The lowest BCUT2D eigenvalue weighted by atomic mass is 9.78. The first kappa shape index (κ1) is 39.1. The molecule has 16 nitrogen and oxygen atoms in total. The van der Waals surface area contributed by atoms with Gasteiger partial charge in [-0.25, -0.2) is 4.79 Å². The van der Waals surface area contributed by atoms with E-state index in [1.54, 1.807) is 30.4 Å². The van der Waals surface area contributed by atoms with E-state index in [4.69, 9.17) is 28.4 Å². The van der Waals surface area contributed by atoms with E-state index in [1.807, 2.05) is 6.08 Å². The predicted octanol–water partition coefficient (Wildman–Crippen LogP) is 0.981. The lowest BCUT2D eigenvalue weighted by Crippen LogP contribution is -2.65. The second-order valence-corrected chi connectivity index (χ2v) is 14.0. The van der Waals surface area contributed by atoms with Crippen LogP contribution in [0.2, 0.25) is 0 Å². The molecule has 0 amide bonds. The van der Waals surface area contributed by atoms with Gasteiger partial charge in [0.15, 0.2) is 11.9 Å². The standard InChI is InChI=1S/C38H44O16/c39-24-13-15-26(23(17-24)18-50-37(47)38(48)28(41)16-14-25(40)32(38)54-35(46)22-11-5-6-12-22)51-36-31(53-34(45)21-9-3-4-10-21)30(43)29(42)27(52-36)19-49-33(44)20-7-1-2-8-20/h1,3,5,7,9,11,13,15,17,20-22,27-32,36,39,41-43,48H,2,4,6,8,10,12,14,16,18-19H2/t20-,21-,22+,27-,28+,29-,30+,31-,32-,36-,38-/m0/s1. The van der Waals surface area contributed by atoms with E-state index in [0.717, 1.165) is 6.07 Å². The zero-order chi connectivity index (χ0) is 38.6.